The molecule has 4 rings (SSSR count). The van der Waals surface area contributed by atoms with E-state index in [9.17, 15) is 19.7 Å². The number of fused-ring (bicyclic) bond motifs is 5. The molecule has 23 heavy (non-hydrogen) atoms. The van der Waals surface area contributed by atoms with Crippen LogP contribution in [-0.4, -0.2) is 27.9 Å². The number of hydrogen-bond donors (Lipinski definition) is 0. The molecule has 1 aromatic rings. The van der Waals surface area contributed by atoms with Gasteiger partial charge >= 0.3 is 0 Å². The second-order valence-corrected chi connectivity index (χ2v) is 6.52. The number of amides is 2. The zero-order chi connectivity index (χ0) is 16.6. The number of carbonyl (C=O) groups is 2. The summed E-state index contributed by atoms with van der Waals surface area (Å²) in [6.07, 6.45) is 3.62. The Kier molecular flexibility index (Phi) is 2.48. The first-order valence-corrected chi connectivity index (χ1v) is 7.30. The van der Waals surface area contributed by atoms with E-state index in [0.717, 1.165) is 4.90 Å². The summed E-state index contributed by atoms with van der Waals surface area (Å²) in [6.45, 7) is 3.54. The molecule has 2 fully saturated rings. The van der Waals surface area contributed by atoms with Gasteiger partial charge in [-0.05, 0) is 19.9 Å². The van der Waals surface area contributed by atoms with E-state index >= 15 is 0 Å². The third kappa shape index (κ3) is 1.57. The van der Waals surface area contributed by atoms with Gasteiger partial charge in [-0.1, -0.05) is 24.3 Å². The van der Waals surface area contributed by atoms with Crippen LogP contribution in [0.2, 0.25) is 0 Å². The molecule has 0 aromatic heterocycles. The average Bonchev–Trinajstić information content (AvgIpc) is 3.04. The van der Waals surface area contributed by atoms with Crippen LogP contribution in [0.25, 0.3) is 0 Å². The number of carbonyl (C=O) groups excluding carboxylic acids is 2. The SMILES string of the molecule is C[C@]12C=C[C@](C)(O1)[C@H]1C(=O)N(c3ccccc3[N+](=O)[O-])C(=O)[C@H]12. The molecule has 1 aromatic carbocycles. The summed E-state index contributed by atoms with van der Waals surface area (Å²) >= 11 is 0. The van der Waals surface area contributed by atoms with Gasteiger partial charge in [0.15, 0.2) is 0 Å². The van der Waals surface area contributed by atoms with E-state index in [1.54, 1.807) is 19.9 Å². The van der Waals surface area contributed by atoms with Gasteiger partial charge < -0.3 is 4.74 Å². The summed E-state index contributed by atoms with van der Waals surface area (Å²) < 4.78 is 5.90. The number of benzene rings is 1. The normalized spacial score (nSPS) is 37.6. The Morgan fingerprint density at radius 3 is 2.13 bits per heavy atom. The molecule has 0 N–H and O–H groups in total. The van der Waals surface area contributed by atoms with Crippen molar-refractivity contribution in [3.8, 4) is 0 Å². The van der Waals surface area contributed by atoms with E-state index in [2.05, 4.69) is 0 Å². The minimum Gasteiger partial charge on any atom is -0.359 e. The summed E-state index contributed by atoms with van der Waals surface area (Å²) in [5, 5.41) is 11.2. The molecule has 3 aliphatic rings. The summed E-state index contributed by atoms with van der Waals surface area (Å²) in [5.74, 6) is -2.18. The molecule has 0 spiro atoms. The molecule has 0 aliphatic carbocycles. The number of imide groups is 1. The first-order chi connectivity index (χ1) is 10.8. The molecule has 7 heteroatoms. The van der Waals surface area contributed by atoms with Crippen LogP contribution in [0.5, 0.6) is 0 Å². The first kappa shape index (κ1) is 14.1. The van der Waals surface area contributed by atoms with Crippen LogP contribution in [0.3, 0.4) is 0 Å². The van der Waals surface area contributed by atoms with Crippen molar-refractivity contribution >= 4 is 23.2 Å². The van der Waals surface area contributed by atoms with Gasteiger partial charge in [0, 0.05) is 6.07 Å². The van der Waals surface area contributed by atoms with Crippen LogP contribution in [0, 0.1) is 22.0 Å². The fraction of sp³-hybridized carbons (Fsp3) is 0.375. The van der Waals surface area contributed by atoms with E-state index in [1.165, 1.54) is 18.2 Å². The molecule has 2 amide bonds. The smallest absolute Gasteiger partial charge is 0.293 e. The van der Waals surface area contributed by atoms with Gasteiger partial charge in [-0.25, -0.2) is 4.90 Å². The fourth-order valence-corrected chi connectivity index (χ4v) is 4.08. The molecule has 0 saturated carbocycles. The maximum atomic E-state index is 12.9. The van der Waals surface area contributed by atoms with Crippen molar-refractivity contribution in [3.05, 3.63) is 46.5 Å². The molecule has 118 valence electrons. The highest BCUT2D eigenvalue weighted by Gasteiger charge is 2.70. The standard InChI is InChI=1S/C16H14N2O5/c1-15-7-8-16(2,23-15)12-11(15)13(19)17(14(12)20)9-5-3-4-6-10(9)18(21)22/h3-8,11-12H,1-2H3/t11-,12+,15+,16-. The Morgan fingerprint density at radius 1 is 1.09 bits per heavy atom. The number of hydrogen-bond acceptors (Lipinski definition) is 5. The van der Waals surface area contributed by atoms with Crippen LogP contribution >= 0.6 is 0 Å². The number of nitro groups is 1. The van der Waals surface area contributed by atoms with Crippen LogP contribution in [0.4, 0.5) is 11.4 Å². The molecular weight excluding hydrogens is 300 g/mol. The predicted octanol–water partition coefficient (Wildman–Crippen LogP) is 1.82. The Morgan fingerprint density at radius 2 is 1.61 bits per heavy atom. The van der Waals surface area contributed by atoms with Gasteiger partial charge in [0.05, 0.1) is 28.0 Å². The van der Waals surface area contributed by atoms with Gasteiger partial charge in [-0.3, -0.25) is 19.7 Å². The summed E-state index contributed by atoms with van der Waals surface area (Å²) in [7, 11) is 0. The van der Waals surface area contributed by atoms with Crippen molar-refractivity contribution in [3.63, 3.8) is 0 Å². The quantitative estimate of drug-likeness (QED) is 0.359. The number of rotatable bonds is 2. The molecule has 3 aliphatic heterocycles. The molecule has 7 nitrogen and oxygen atoms in total. The second kappa shape index (κ2) is 4.05. The minimum atomic E-state index is -0.843. The zero-order valence-corrected chi connectivity index (χ0v) is 12.6. The minimum absolute atomic E-state index is 0.0218. The van der Waals surface area contributed by atoms with E-state index < -0.39 is 39.8 Å². The van der Waals surface area contributed by atoms with Crippen molar-refractivity contribution < 1.29 is 19.2 Å². The van der Waals surface area contributed by atoms with Crippen molar-refractivity contribution in [2.45, 2.75) is 25.0 Å². The Balaban J connectivity index is 1.85. The van der Waals surface area contributed by atoms with Crippen molar-refractivity contribution in [2.75, 3.05) is 4.90 Å². The van der Waals surface area contributed by atoms with Gasteiger partial charge in [-0.2, -0.15) is 0 Å². The Bertz CT molecular complexity index is 767. The number of para-hydroxylation sites is 2. The number of nitro benzene ring substituents is 1. The molecule has 3 heterocycles. The first-order valence-electron chi connectivity index (χ1n) is 7.30. The van der Waals surface area contributed by atoms with E-state index in [-0.39, 0.29) is 11.4 Å². The molecule has 2 bridgehead atoms. The monoisotopic (exact) mass is 314 g/mol. The molecule has 4 atom stereocenters. The third-order valence-corrected chi connectivity index (χ3v) is 5.05. The van der Waals surface area contributed by atoms with Crippen LogP contribution in [0.1, 0.15) is 13.8 Å². The van der Waals surface area contributed by atoms with Crippen LogP contribution in [0.15, 0.2) is 36.4 Å². The highest BCUT2D eigenvalue weighted by atomic mass is 16.6. The fourth-order valence-electron chi connectivity index (χ4n) is 4.08. The van der Waals surface area contributed by atoms with E-state index in [0.29, 0.717) is 0 Å². The number of ether oxygens (including phenoxy) is 1. The molecular formula is C16H14N2O5. The molecule has 0 unspecified atom stereocenters. The largest absolute Gasteiger partial charge is 0.359 e. The summed E-state index contributed by atoms with van der Waals surface area (Å²) in [4.78, 5) is 37.4. The van der Waals surface area contributed by atoms with Crippen LogP contribution in [-0.2, 0) is 14.3 Å². The highest BCUT2D eigenvalue weighted by Crippen LogP contribution is 2.57. The lowest BCUT2D eigenvalue weighted by Crippen LogP contribution is -2.39. The van der Waals surface area contributed by atoms with Crippen molar-refractivity contribution in [1.82, 2.24) is 0 Å². The highest BCUT2D eigenvalue weighted by molar-refractivity contribution is 6.24. The van der Waals surface area contributed by atoms with Crippen molar-refractivity contribution in [1.29, 1.82) is 0 Å². The summed E-state index contributed by atoms with van der Waals surface area (Å²) in [6, 6.07) is 5.79. The zero-order valence-electron chi connectivity index (χ0n) is 12.6. The van der Waals surface area contributed by atoms with E-state index in [1.807, 2.05) is 12.2 Å². The topological polar surface area (TPSA) is 89.8 Å². The predicted molar refractivity (Wildman–Crippen MR) is 79.6 cm³/mol. The lowest BCUT2D eigenvalue weighted by molar-refractivity contribution is -0.384. The van der Waals surface area contributed by atoms with Crippen molar-refractivity contribution in [2.24, 2.45) is 11.8 Å². The molecule has 2 saturated heterocycles. The Hall–Kier alpha value is -2.54. The second-order valence-electron chi connectivity index (χ2n) is 6.52. The lowest BCUT2D eigenvalue weighted by atomic mass is 9.73. The summed E-state index contributed by atoms with van der Waals surface area (Å²) in [5.41, 5.74) is -1.92. The third-order valence-electron chi connectivity index (χ3n) is 5.05. The maximum Gasteiger partial charge on any atom is 0.293 e. The maximum absolute atomic E-state index is 12.9. The van der Waals surface area contributed by atoms with Crippen LogP contribution < -0.4 is 4.90 Å². The lowest BCUT2D eigenvalue weighted by Gasteiger charge is -2.25. The number of anilines is 1. The van der Waals surface area contributed by atoms with Gasteiger partial charge in [0.1, 0.15) is 5.69 Å². The average molecular weight is 314 g/mol. The number of nitrogens with zero attached hydrogens (tertiary/aromatic N) is 2. The van der Waals surface area contributed by atoms with E-state index in [4.69, 9.17) is 4.74 Å². The van der Waals surface area contributed by atoms with Gasteiger partial charge in [-0.15, -0.1) is 0 Å². The Labute approximate surface area is 131 Å². The van der Waals surface area contributed by atoms with Gasteiger partial charge in [0.25, 0.3) is 5.69 Å². The molecule has 0 radical (unpaired) electrons. The van der Waals surface area contributed by atoms with Gasteiger partial charge in [0.2, 0.25) is 11.8 Å².